The number of hydrogen-bond donors (Lipinski definition) is 1. The molecule has 19 heavy (non-hydrogen) atoms. The quantitative estimate of drug-likeness (QED) is 0.684. The van der Waals surface area contributed by atoms with Crippen LogP contribution in [0.1, 0.15) is 57.2 Å². The summed E-state index contributed by atoms with van der Waals surface area (Å²) in [4.78, 5) is 0. The van der Waals surface area contributed by atoms with Crippen LogP contribution in [0.5, 0.6) is 0 Å². The van der Waals surface area contributed by atoms with Gasteiger partial charge in [0, 0.05) is 5.69 Å². The number of nitrogens with two attached hydrogens (primary N) is 1. The highest BCUT2D eigenvalue weighted by Gasteiger charge is 2.41. The van der Waals surface area contributed by atoms with Gasteiger partial charge in [-0.1, -0.05) is 27.7 Å². The van der Waals surface area contributed by atoms with Crippen LogP contribution in [0.3, 0.4) is 0 Å². The van der Waals surface area contributed by atoms with Crippen molar-refractivity contribution in [2.45, 2.75) is 57.5 Å². The topological polar surface area (TPSA) is 26.0 Å². The zero-order chi connectivity index (χ0) is 14.6. The fraction of sp³-hybridized carbons (Fsp3) is 0.600. The van der Waals surface area contributed by atoms with Crippen molar-refractivity contribution in [1.29, 1.82) is 0 Å². The zero-order valence-corrected chi connectivity index (χ0v) is 11.8. The number of alkyl halides is 3. The SMILES string of the molecule is CC1(C)CCC(C)(C)c2cc(C(F)(F)F)c(N)cc21. The first-order valence-corrected chi connectivity index (χ1v) is 6.47. The fourth-order valence-electron chi connectivity index (χ4n) is 2.88. The molecule has 0 saturated heterocycles. The highest BCUT2D eigenvalue weighted by Crippen LogP contribution is 2.48. The molecule has 0 heterocycles. The summed E-state index contributed by atoms with van der Waals surface area (Å²) in [6.07, 6.45) is -2.55. The molecule has 1 nitrogen and oxygen atoms in total. The molecular formula is C15H20F3N. The molecule has 0 aromatic heterocycles. The maximum Gasteiger partial charge on any atom is 0.418 e. The Bertz CT molecular complexity index is 513. The van der Waals surface area contributed by atoms with E-state index in [9.17, 15) is 13.2 Å². The van der Waals surface area contributed by atoms with E-state index >= 15 is 0 Å². The van der Waals surface area contributed by atoms with E-state index in [0.29, 0.717) is 0 Å². The third kappa shape index (κ3) is 2.33. The summed E-state index contributed by atoms with van der Waals surface area (Å²) in [6.45, 7) is 8.12. The van der Waals surface area contributed by atoms with Crippen LogP contribution in [-0.2, 0) is 17.0 Å². The molecule has 1 aliphatic carbocycles. The van der Waals surface area contributed by atoms with Crippen LogP contribution in [0.4, 0.5) is 18.9 Å². The lowest BCUT2D eigenvalue weighted by molar-refractivity contribution is -0.137. The average Bonchev–Trinajstić information content (AvgIpc) is 2.23. The van der Waals surface area contributed by atoms with Gasteiger partial charge in [0.1, 0.15) is 0 Å². The van der Waals surface area contributed by atoms with Crippen molar-refractivity contribution < 1.29 is 13.2 Å². The summed E-state index contributed by atoms with van der Waals surface area (Å²) < 4.78 is 38.9. The van der Waals surface area contributed by atoms with Crippen LogP contribution in [-0.4, -0.2) is 0 Å². The van der Waals surface area contributed by atoms with E-state index in [1.54, 1.807) is 0 Å². The van der Waals surface area contributed by atoms with Gasteiger partial charge in [0.2, 0.25) is 0 Å². The predicted octanol–water partition coefficient (Wildman–Crippen LogP) is 4.64. The standard InChI is InChI=1S/C15H20F3N/c1-13(2)5-6-14(3,4)10-8-12(19)11(7-9(10)13)15(16,17)18/h7-8H,5-6,19H2,1-4H3. The van der Waals surface area contributed by atoms with Crippen LogP contribution < -0.4 is 5.73 Å². The van der Waals surface area contributed by atoms with Crippen molar-refractivity contribution in [3.05, 3.63) is 28.8 Å². The molecule has 1 aromatic carbocycles. The summed E-state index contributed by atoms with van der Waals surface area (Å²) in [6, 6.07) is 2.78. The molecule has 0 radical (unpaired) electrons. The molecule has 0 bridgehead atoms. The second kappa shape index (κ2) is 3.90. The van der Waals surface area contributed by atoms with Gasteiger partial charge in [0.05, 0.1) is 5.56 Å². The minimum absolute atomic E-state index is 0.122. The van der Waals surface area contributed by atoms with Crippen molar-refractivity contribution in [1.82, 2.24) is 0 Å². The maximum absolute atomic E-state index is 13.0. The summed E-state index contributed by atoms with van der Waals surface area (Å²) in [5, 5.41) is 0. The lowest BCUT2D eigenvalue weighted by Gasteiger charge is -2.42. The Kier molecular flexibility index (Phi) is 2.92. The van der Waals surface area contributed by atoms with E-state index in [-0.39, 0.29) is 16.5 Å². The minimum Gasteiger partial charge on any atom is -0.398 e. The molecule has 0 fully saturated rings. The smallest absolute Gasteiger partial charge is 0.398 e. The number of rotatable bonds is 0. The van der Waals surface area contributed by atoms with E-state index in [4.69, 9.17) is 5.73 Å². The second-order valence-electron chi connectivity index (χ2n) is 6.75. The van der Waals surface area contributed by atoms with E-state index in [2.05, 4.69) is 13.8 Å². The summed E-state index contributed by atoms with van der Waals surface area (Å²) >= 11 is 0. The monoisotopic (exact) mass is 271 g/mol. The van der Waals surface area contributed by atoms with Crippen LogP contribution >= 0.6 is 0 Å². The van der Waals surface area contributed by atoms with Gasteiger partial charge in [-0.15, -0.1) is 0 Å². The van der Waals surface area contributed by atoms with Gasteiger partial charge in [-0.2, -0.15) is 13.2 Å². The molecule has 2 N–H and O–H groups in total. The number of anilines is 1. The van der Waals surface area contributed by atoms with E-state index in [0.717, 1.165) is 24.0 Å². The molecule has 0 saturated carbocycles. The molecule has 106 valence electrons. The lowest BCUT2D eigenvalue weighted by Crippen LogP contribution is -2.34. The highest BCUT2D eigenvalue weighted by atomic mass is 19.4. The van der Waals surface area contributed by atoms with Gasteiger partial charge in [-0.3, -0.25) is 0 Å². The Labute approximate surface area is 112 Å². The first kappa shape index (κ1) is 14.2. The largest absolute Gasteiger partial charge is 0.418 e. The molecule has 0 unspecified atom stereocenters. The molecule has 0 aliphatic heterocycles. The fourth-order valence-corrected chi connectivity index (χ4v) is 2.88. The van der Waals surface area contributed by atoms with Gasteiger partial charge in [0.25, 0.3) is 0 Å². The molecule has 1 aliphatic rings. The average molecular weight is 271 g/mol. The van der Waals surface area contributed by atoms with Crippen LogP contribution in [0, 0.1) is 0 Å². The molecule has 4 heteroatoms. The first-order chi connectivity index (χ1) is 8.45. The van der Waals surface area contributed by atoms with Gasteiger partial charge in [0.15, 0.2) is 0 Å². The number of nitrogen functional groups attached to an aromatic ring is 1. The van der Waals surface area contributed by atoms with Gasteiger partial charge < -0.3 is 5.73 Å². The second-order valence-corrected chi connectivity index (χ2v) is 6.75. The molecule has 1 aromatic rings. The highest BCUT2D eigenvalue weighted by molar-refractivity contribution is 5.57. The maximum atomic E-state index is 13.0. The van der Waals surface area contributed by atoms with Crippen LogP contribution in [0.2, 0.25) is 0 Å². The van der Waals surface area contributed by atoms with E-state index in [1.807, 2.05) is 13.8 Å². The zero-order valence-electron chi connectivity index (χ0n) is 11.8. The third-order valence-corrected chi connectivity index (χ3v) is 4.33. The van der Waals surface area contributed by atoms with Gasteiger partial charge in [-0.05, 0) is 46.9 Å². The molecule has 0 spiro atoms. The van der Waals surface area contributed by atoms with Gasteiger partial charge in [-0.25, -0.2) is 0 Å². The molecule has 2 rings (SSSR count). The first-order valence-electron chi connectivity index (χ1n) is 6.47. The Morgan fingerprint density at radius 1 is 0.947 bits per heavy atom. The normalized spacial score (nSPS) is 21.0. The number of hydrogen-bond acceptors (Lipinski definition) is 1. The van der Waals surface area contributed by atoms with E-state index < -0.39 is 11.7 Å². The van der Waals surface area contributed by atoms with Crippen LogP contribution in [0.15, 0.2) is 12.1 Å². The minimum atomic E-state index is -4.39. The lowest BCUT2D eigenvalue weighted by atomic mass is 9.63. The van der Waals surface area contributed by atoms with Crippen molar-refractivity contribution in [3.63, 3.8) is 0 Å². The summed E-state index contributed by atoms with van der Waals surface area (Å²) in [5.41, 5.74) is 6.12. The Hall–Kier alpha value is -1.19. The number of fused-ring (bicyclic) bond motifs is 1. The molecule has 0 atom stereocenters. The Morgan fingerprint density at radius 3 is 1.79 bits per heavy atom. The summed E-state index contributed by atoms with van der Waals surface area (Å²) in [5.74, 6) is 0. The number of halogens is 3. The van der Waals surface area contributed by atoms with Gasteiger partial charge >= 0.3 is 6.18 Å². The van der Waals surface area contributed by atoms with Crippen molar-refractivity contribution in [2.24, 2.45) is 0 Å². The Balaban J connectivity index is 2.72. The van der Waals surface area contributed by atoms with Crippen molar-refractivity contribution >= 4 is 5.69 Å². The summed E-state index contributed by atoms with van der Waals surface area (Å²) in [7, 11) is 0. The predicted molar refractivity (Wildman–Crippen MR) is 71.1 cm³/mol. The number of benzene rings is 1. The van der Waals surface area contributed by atoms with Crippen molar-refractivity contribution in [3.8, 4) is 0 Å². The van der Waals surface area contributed by atoms with E-state index in [1.165, 1.54) is 12.1 Å². The Morgan fingerprint density at radius 2 is 1.37 bits per heavy atom. The molecule has 0 amide bonds. The molecular weight excluding hydrogens is 251 g/mol. The van der Waals surface area contributed by atoms with Crippen molar-refractivity contribution in [2.75, 3.05) is 5.73 Å². The van der Waals surface area contributed by atoms with Crippen LogP contribution in [0.25, 0.3) is 0 Å². The third-order valence-electron chi connectivity index (χ3n) is 4.33.